The number of carbonyl (C=O) groups is 1. The lowest BCUT2D eigenvalue weighted by Crippen LogP contribution is -2.40. The molecule has 0 saturated carbocycles. The predicted octanol–water partition coefficient (Wildman–Crippen LogP) is 5.26. The van der Waals surface area contributed by atoms with E-state index in [0.717, 1.165) is 16.3 Å². The Morgan fingerprint density at radius 1 is 1.16 bits per heavy atom. The SMILES string of the molecule is CC(C)(C)NC(=O)c1csc(CSc2nnc(-c3ccncc3)n2-c2ccccc2Cl)n1. The molecule has 4 aromatic rings. The van der Waals surface area contributed by atoms with Gasteiger partial charge in [-0.25, -0.2) is 4.98 Å². The van der Waals surface area contributed by atoms with E-state index in [-0.39, 0.29) is 11.4 Å². The van der Waals surface area contributed by atoms with E-state index in [0.29, 0.717) is 27.5 Å². The van der Waals surface area contributed by atoms with Crippen molar-refractivity contribution >= 4 is 40.6 Å². The summed E-state index contributed by atoms with van der Waals surface area (Å²) in [7, 11) is 0. The minimum Gasteiger partial charge on any atom is -0.346 e. The van der Waals surface area contributed by atoms with Gasteiger partial charge in [0.1, 0.15) is 10.7 Å². The number of amides is 1. The number of pyridine rings is 1. The average molecular weight is 485 g/mol. The number of nitrogens with zero attached hydrogens (tertiary/aromatic N) is 5. The predicted molar refractivity (Wildman–Crippen MR) is 128 cm³/mol. The molecule has 1 amide bonds. The molecule has 1 aromatic carbocycles. The van der Waals surface area contributed by atoms with Crippen LogP contribution < -0.4 is 5.32 Å². The van der Waals surface area contributed by atoms with Crippen LogP contribution in [0.25, 0.3) is 17.1 Å². The van der Waals surface area contributed by atoms with Crippen molar-refractivity contribution in [2.45, 2.75) is 37.2 Å². The van der Waals surface area contributed by atoms with Crippen LogP contribution in [0.1, 0.15) is 36.3 Å². The van der Waals surface area contributed by atoms with E-state index in [4.69, 9.17) is 11.6 Å². The quantitative estimate of drug-likeness (QED) is 0.376. The Labute approximate surface area is 199 Å². The molecule has 0 unspecified atom stereocenters. The Bertz CT molecular complexity index is 1230. The first kappa shape index (κ1) is 22.4. The zero-order chi connectivity index (χ0) is 22.7. The summed E-state index contributed by atoms with van der Waals surface area (Å²) in [5, 5.41) is 15.6. The largest absolute Gasteiger partial charge is 0.346 e. The molecule has 3 aromatic heterocycles. The minimum atomic E-state index is -0.315. The number of para-hydroxylation sites is 1. The number of hydrogen-bond donors (Lipinski definition) is 1. The highest BCUT2D eigenvalue weighted by atomic mass is 35.5. The van der Waals surface area contributed by atoms with Crippen LogP contribution in [0.15, 0.2) is 59.3 Å². The number of aromatic nitrogens is 5. The number of hydrogen-bond acceptors (Lipinski definition) is 7. The zero-order valence-electron chi connectivity index (χ0n) is 17.7. The summed E-state index contributed by atoms with van der Waals surface area (Å²) in [5.74, 6) is 1.04. The van der Waals surface area contributed by atoms with Crippen molar-refractivity contribution in [3.63, 3.8) is 0 Å². The third kappa shape index (κ3) is 5.17. The molecule has 0 spiro atoms. The Morgan fingerprint density at radius 2 is 1.91 bits per heavy atom. The Balaban J connectivity index is 1.61. The molecule has 1 N–H and O–H groups in total. The summed E-state index contributed by atoms with van der Waals surface area (Å²) >= 11 is 9.44. The molecule has 0 bridgehead atoms. The van der Waals surface area contributed by atoms with Gasteiger partial charge in [0.2, 0.25) is 0 Å². The lowest BCUT2D eigenvalue weighted by molar-refractivity contribution is 0.0915. The van der Waals surface area contributed by atoms with Gasteiger partial charge in [-0.2, -0.15) is 0 Å². The summed E-state index contributed by atoms with van der Waals surface area (Å²) in [4.78, 5) is 20.9. The van der Waals surface area contributed by atoms with Crippen molar-refractivity contribution in [3.05, 3.63) is 69.9 Å². The van der Waals surface area contributed by atoms with E-state index in [9.17, 15) is 4.79 Å². The number of nitrogens with one attached hydrogen (secondary N) is 1. The third-order valence-corrected chi connectivity index (χ3v) is 6.55. The lowest BCUT2D eigenvalue weighted by Gasteiger charge is -2.19. The van der Waals surface area contributed by atoms with Crippen LogP contribution in [0.5, 0.6) is 0 Å². The third-order valence-electron chi connectivity index (χ3n) is 4.26. The molecule has 0 fully saturated rings. The highest BCUT2D eigenvalue weighted by molar-refractivity contribution is 7.98. The van der Waals surface area contributed by atoms with E-state index in [1.165, 1.54) is 23.1 Å². The van der Waals surface area contributed by atoms with Crippen molar-refractivity contribution in [1.29, 1.82) is 0 Å². The second-order valence-corrected chi connectivity index (χ2v) is 10.2. The topological polar surface area (TPSA) is 85.6 Å². The highest BCUT2D eigenvalue weighted by Crippen LogP contribution is 2.32. The molecule has 3 heterocycles. The second kappa shape index (κ2) is 9.40. The molecule has 0 atom stereocenters. The van der Waals surface area contributed by atoms with Gasteiger partial charge in [0.25, 0.3) is 5.91 Å². The molecule has 0 radical (unpaired) electrons. The van der Waals surface area contributed by atoms with Gasteiger partial charge in [0.15, 0.2) is 11.0 Å². The van der Waals surface area contributed by atoms with Gasteiger partial charge in [0.05, 0.1) is 16.5 Å². The molecule has 32 heavy (non-hydrogen) atoms. The maximum absolute atomic E-state index is 12.4. The Morgan fingerprint density at radius 3 is 2.62 bits per heavy atom. The molecular weight excluding hydrogens is 464 g/mol. The molecule has 4 rings (SSSR count). The first-order chi connectivity index (χ1) is 15.3. The summed E-state index contributed by atoms with van der Waals surface area (Å²) in [6, 6.07) is 11.3. The maximum Gasteiger partial charge on any atom is 0.271 e. The highest BCUT2D eigenvalue weighted by Gasteiger charge is 2.20. The van der Waals surface area contributed by atoms with E-state index >= 15 is 0 Å². The van der Waals surface area contributed by atoms with Gasteiger partial charge in [-0.1, -0.05) is 35.5 Å². The first-order valence-corrected chi connectivity index (χ1v) is 12.1. The van der Waals surface area contributed by atoms with Crippen molar-refractivity contribution in [2.24, 2.45) is 0 Å². The van der Waals surface area contributed by atoms with Gasteiger partial charge in [-0.15, -0.1) is 21.5 Å². The molecular formula is C22H21ClN6OS2. The van der Waals surface area contributed by atoms with Gasteiger partial charge in [-0.05, 0) is 45.0 Å². The lowest BCUT2D eigenvalue weighted by atomic mass is 10.1. The maximum atomic E-state index is 12.4. The van der Waals surface area contributed by atoms with Crippen molar-refractivity contribution in [1.82, 2.24) is 30.0 Å². The Hall–Kier alpha value is -2.75. The number of thioether (sulfide) groups is 1. The fourth-order valence-electron chi connectivity index (χ4n) is 2.91. The van der Waals surface area contributed by atoms with E-state index in [1.807, 2.05) is 61.7 Å². The van der Waals surface area contributed by atoms with Crippen LogP contribution in [0.3, 0.4) is 0 Å². The van der Waals surface area contributed by atoms with E-state index in [1.54, 1.807) is 17.8 Å². The van der Waals surface area contributed by atoms with Crippen LogP contribution in [-0.4, -0.2) is 36.2 Å². The van der Waals surface area contributed by atoms with Crippen LogP contribution >= 0.6 is 34.7 Å². The molecule has 7 nitrogen and oxygen atoms in total. The number of thiazole rings is 1. The summed E-state index contributed by atoms with van der Waals surface area (Å²) < 4.78 is 1.93. The molecule has 164 valence electrons. The number of rotatable bonds is 6. The van der Waals surface area contributed by atoms with Gasteiger partial charge < -0.3 is 5.32 Å². The normalized spacial score (nSPS) is 11.5. The number of halogens is 1. The van der Waals surface area contributed by atoms with Crippen LogP contribution in [0.4, 0.5) is 0 Å². The van der Waals surface area contributed by atoms with Crippen LogP contribution in [0, 0.1) is 0 Å². The summed E-state index contributed by atoms with van der Waals surface area (Å²) in [5.41, 5.74) is 1.78. The monoisotopic (exact) mass is 484 g/mol. The molecule has 10 heteroatoms. The first-order valence-electron chi connectivity index (χ1n) is 9.82. The molecule has 0 saturated heterocycles. The van der Waals surface area contributed by atoms with Crippen LogP contribution in [-0.2, 0) is 5.75 Å². The number of carbonyl (C=O) groups excluding carboxylic acids is 1. The average Bonchev–Trinajstić information content (AvgIpc) is 3.39. The molecule has 0 aliphatic carbocycles. The fraction of sp³-hybridized carbons (Fsp3) is 0.227. The van der Waals surface area contributed by atoms with Gasteiger partial charge >= 0.3 is 0 Å². The van der Waals surface area contributed by atoms with Crippen molar-refractivity contribution in [2.75, 3.05) is 0 Å². The van der Waals surface area contributed by atoms with Crippen molar-refractivity contribution in [3.8, 4) is 17.1 Å². The van der Waals surface area contributed by atoms with E-state index in [2.05, 4.69) is 25.5 Å². The van der Waals surface area contributed by atoms with Gasteiger partial charge in [0, 0.05) is 28.9 Å². The van der Waals surface area contributed by atoms with E-state index < -0.39 is 0 Å². The standard InChI is InChI=1S/C22H21ClN6OS2/c1-22(2,3)26-20(30)16-12-31-18(25-16)13-32-21-28-27-19(14-8-10-24-11-9-14)29(21)17-7-5-4-6-15(17)23/h4-12H,13H2,1-3H3,(H,26,30). The molecule has 0 aliphatic rings. The van der Waals surface area contributed by atoms with Crippen molar-refractivity contribution < 1.29 is 4.79 Å². The minimum absolute atomic E-state index is 0.177. The van der Waals surface area contributed by atoms with Crippen LogP contribution in [0.2, 0.25) is 5.02 Å². The smallest absolute Gasteiger partial charge is 0.271 e. The fourth-order valence-corrected chi connectivity index (χ4v) is 4.87. The summed E-state index contributed by atoms with van der Waals surface area (Å²) in [6.07, 6.45) is 3.43. The second-order valence-electron chi connectivity index (χ2n) is 7.95. The molecule has 0 aliphatic heterocycles. The number of benzene rings is 1. The Kier molecular flexibility index (Phi) is 6.59. The van der Waals surface area contributed by atoms with Gasteiger partial charge in [-0.3, -0.25) is 14.3 Å². The summed E-state index contributed by atoms with van der Waals surface area (Å²) in [6.45, 7) is 5.82. The zero-order valence-corrected chi connectivity index (χ0v) is 20.1.